The number of carbonyl (C=O) groups excluding carboxylic acids is 1. The summed E-state index contributed by atoms with van der Waals surface area (Å²) in [6, 6.07) is 5.48. The lowest BCUT2D eigenvalue weighted by Crippen LogP contribution is -2.27. The first kappa shape index (κ1) is 13.0. The monoisotopic (exact) mass is 287 g/mol. The molecule has 0 aliphatic carbocycles. The normalized spacial score (nSPS) is 9.94. The maximum Gasteiger partial charge on any atom is 0.224 e. The number of halogens is 1. The molecular weight excluding hydrogens is 274 g/mol. The molecule has 0 aliphatic heterocycles. The second-order valence-corrected chi connectivity index (χ2v) is 4.07. The van der Waals surface area contributed by atoms with Gasteiger partial charge in [-0.25, -0.2) is 0 Å². The van der Waals surface area contributed by atoms with Crippen LogP contribution >= 0.6 is 15.9 Å². The van der Waals surface area contributed by atoms with Gasteiger partial charge in [0.1, 0.15) is 5.75 Å². The van der Waals surface area contributed by atoms with Gasteiger partial charge in [0.25, 0.3) is 0 Å². The number of aliphatic hydroxyl groups is 1. The van der Waals surface area contributed by atoms with Crippen LogP contribution in [-0.2, 0) is 11.2 Å². The first-order valence-corrected chi connectivity index (χ1v) is 5.66. The third kappa shape index (κ3) is 3.83. The number of benzene rings is 1. The van der Waals surface area contributed by atoms with Gasteiger partial charge in [0.15, 0.2) is 0 Å². The standard InChI is InChI=1S/C11H14BrNO3/c1-16-10-3-2-8(6-9(10)12)7-11(15)13-4-5-14/h2-3,6,14H,4-5,7H2,1H3,(H,13,15). The zero-order valence-electron chi connectivity index (χ0n) is 9.00. The van der Waals surface area contributed by atoms with Crippen molar-refractivity contribution in [2.24, 2.45) is 0 Å². The minimum absolute atomic E-state index is 0.0436. The molecule has 1 rings (SSSR count). The highest BCUT2D eigenvalue weighted by molar-refractivity contribution is 9.10. The van der Waals surface area contributed by atoms with Gasteiger partial charge in [-0.05, 0) is 33.6 Å². The number of carbonyl (C=O) groups is 1. The van der Waals surface area contributed by atoms with E-state index in [1.165, 1.54) is 0 Å². The Morgan fingerprint density at radius 2 is 2.31 bits per heavy atom. The highest BCUT2D eigenvalue weighted by atomic mass is 79.9. The summed E-state index contributed by atoms with van der Waals surface area (Å²) in [4.78, 5) is 11.4. The molecule has 0 fully saturated rings. The van der Waals surface area contributed by atoms with Crippen LogP contribution in [0.5, 0.6) is 5.75 Å². The Morgan fingerprint density at radius 1 is 1.56 bits per heavy atom. The summed E-state index contributed by atoms with van der Waals surface area (Å²) in [5.41, 5.74) is 0.892. The van der Waals surface area contributed by atoms with Gasteiger partial charge in [0, 0.05) is 6.54 Å². The van der Waals surface area contributed by atoms with Gasteiger partial charge in [0.2, 0.25) is 5.91 Å². The van der Waals surface area contributed by atoms with Crippen molar-refractivity contribution in [3.05, 3.63) is 28.2 Å². The molecule has 0 unspecified atom stereocenters. The van der Waals surface area contributed by atoms with E-state index in [1.54, 1.807) is 13.2 Å². The summed E-state index contributed by atoms with van der Waals surface area (Å²) >= 11 is 3.35. The first-order chi connectivity index (χ1) is 7.67. The van der Waals surface area contributed by atoms with E-state index in [-0.39, 0.29) is 19.1 Å². The first-order valence-electron chi connectivity index (χ1n) is 4.87. The maximum absolute atomic E-state index is 11.4. The van der Waals surface area contributed by atoms with Crippen LogP contribution in [0.3, 0.4) is 0 Å². The van der Waals surface area contributed by atoms with Gasteiger partial charge in [-0.3, -0.25) is 4.79 Å². The summed E-state index contributed by atoms with van der Waals surface area (Å²) in [5.74, 6) is 0.630. The highest BCUT2D eigenvalue weighted by Gasteiger charge is 2.05. The molecule has 2 N–H and O–H groups in total. The maximum atomic E-state index is 11.4. The van der Waals surface area contributed by atoms with E-state index in [9.17, 15) is 4.79 Å². The van der Waals surface area contributed by atoms with Gasteiger partial charge in [-0.1, -0.05) is 6.07 Å². The molecule has 0 radical (unpaired) electrons. The molecule has 0 heterocycles. The second kappa shape index (κ2) is 6.50. The Balaban J connectivity index is 2.61. The number of amides is 1. The molecule has 5 heteroatoms. The van der Waals surface area contributed by atoms with E-state index in [0.29, 0.717) is 6.42 Å². The van der Waals surface area contributed by atoms with Crippen LogP contribution in [0.2, 0.25) is 0 Å². The predicted molar refractivity (Wildman–Crippen MR) is 64.5 cm³/mol. The van der Waals surface area contributed by atoms with Crippen LogP contribution < -0.4 is 10.1 Å². The molecule has 16 heavy (non-hydrogen) atoms. The van der Waals surface area contributed by atoms with Gasteiger partial charge in [-0.2, -0.15) is 0 Å². The lowest BCUT2D eigenvalue weighted by Gasteiger charge is -2.06. The zero-order valence-corrected chi connectivity index (χ0v) is 10.6. The van der Waals surface area contributed by atoms with Crippen molar-refractivity contribution in [3.63, 3.8) is 0 Å². The van der Waals surface area contributed by atoms with Crippen LogP contribution in [-0.4, -0.2) is 31.3 Å². The van der Waals surface area contributed by atoms with Crippen LogP contribution in [0, 0.1) is 0 Å². The fourth-order valence-corrected chi connectivity index (χ4v) is 1.85. The largest absolute Gasteiger partial charge is 0.496 e. The minimum Gasteiger partial charge on any atom is -0.496 e. The molecule has 0 aromatic heterocycles. The fraction of sp³-hybridized carbons (Fsp3) is 0.364. The molecule has 0 spiro atoms. The molecule has 1 aromatic carbocycles. The molecule has 0 bridgehead atoms. The molecule has 0 saturated carbocycles. The quantitative estimate of drug-likeness (QED) is 0.853. The summed E-state index contributed by atoms with van der Waals surface area (Å²) < 4.78 is 5.91. The zero-order chi connectivity index (χ0) is 12.0. The van der Waals surface area contributed by atoms with Gasteiger partial charge in [-0.15, -0.1) is 0 Å². The molecule has 1 aromatic rings. The van der Waals surface area contributed by atoms with Gasteiger partial charge < -0.3 is 15.2 Å². The molecule has 0 aliphatic rings. The minimum atomic E-state index is -0.105. The van der Waals surface area contributed by atoms with E-state index in [1.807, 2.05) is 12.1 Å². The number of hydrogen-bond donors (Lipinski definition) is 2. The van der Waals surface area contributed by atoms with Crippen LogP contribution in [0.25, 0.3) is 0 Å². The van der Waals surface area contributed by atoms with Crippen molar-refractivity contribution in [1.29, 1.82) is 0 Å². The number of aliphatic hydroxyl groups excluding tert-OH is 1. The average Bonchev–Trinajstić information content (AvgIpc) is 2.26. The number of nitrogens with one attached hydrogen (secondary N) is 1. The Kier molecular flexibility index (Phi) is 5.28. The fourth-order valence-electron chi connectivity index (χ4n) is 1.26. The summed E-state index contributed by atoms with van der Waals surface area (Å²) in [7, 11) is 1.59. The van der Waals surface area contributed by atoms with Crippen molar-refractivity contribution in [3.8, 4) is 5.75 Å². The van der Waals surface area contributed by atoms with Gasteiger partial charge >= 0.3 is 0 Å². The van der Waals surface area contributed by atoms with Crippen molar-refractivity contribution in [2.75, 3.05) is 20.3 Å². The molecular formula is C11H14BrNO3. The third-order valence-electron chi connectivity index (χ3n) is 2.01. The molecule has 88 valence electrons. The Hall–Kier alpha value is -1.07. The van der Waals surface area contributed by atoms with E-state index in [0.717, 1.165) is 15.8 Å². The average molecular weight is 288 g/mol. The van der Waals surface area contributed by atoms with E-state index < -0.39 is 0 Å². The Morgan fingerprint density at radius 3 is 2.88 bits per heavy atom. The SMILES string of the molecule is COc1ccc(CC(=O)NCCO)cc1Br. The van der Waals surface area contributed by atoms with E-state index in [4.69, 9.17) is 9.84 Å². The molecule has 1 amide bonds. The predicted octanol–water partition coefficient (Wildman–Crippen LogP) is 1.11. The van der Waals surface area contributed by atoms with Crippen molar-refractivity contribution >= 4 is 21.8 Å². The lowest BCUT2D eigenvalue weighted by atomic mass is 10.1. The number of rotatable bonds is 5. The second-order valence-electron chi connectivity index (χ2n) is 3.22. The van der Waals surface area contributed by atoms with Crippen molar-refractivity contribution < 1.29 is 14.6 Å². The van der Waals surface area contributed by atoms with E-state index >= 15 is 0 Å². The molecule has 4 nitrogen and oxygen atoms in total. The Labute approximate surface area is 103 Å². The highest BCUT2D eigenvalue weighted by Crippen LogP contribution is 2.25. The number of ether oxygens (including phenoxy) is 1. The number of hydrogen-bond acceptors (Lipinski definition) is 3. The van der Waals surface area contributed by atoms with Crippen LogP contribution in [0.4, 0.5) is 0 Å². The van der Waals surface area contributed by atoms with Crippen molar-refractivity contribution in [1.82, 2.24) is 5.32 Å². The lowest BCUT2D eigenvalue weighted by molar-refractivity contribution is -0.120. The van der Waals surface area contributed by atoms with Crippen LogP contribution in [0.1, 0.15) is 5.56 Å². The third-order valence-corrected chi connectivity index (χ3v) is 2.63. The number of methoxy groups -OCH3 is 1. The van der Waals surface area contributed by atoms with Crippen molar-refractivity contribution in [2.45, 2.75) is 6.42 Å². The van der Waals surface area contributed by atoms with E-state index in [2.05, 4.69) is 21.2 Å². The topological polar surface area (TPSA) is 58.6 Å². The summed E-state index contributed by atoms with van der Waals surface area (Å²) in [6.45, 7) is 0.244. The summed E-state index contributed by atoms with van der Waals surface area (Å²) in [6.07, 6.45) is 0.294. The van der Waals surface area contributed by atoms with Crippen LogP contribution in [0.15, 0.2) is 22.7 Å². The Bertz CT molecular complexity index is 368. The molecule has 0 saturated heterocycles. The summed E-state index contributed by atoms with van der Waals surface area (Å²) in [5, 5.41) is 11.1. The molecule has 0 atom stereocenters. The smallest absolute Gasteiger partial charge is 0.224 e. The van der Waals surface area contributed by atoms with Gasteiger partial charge in [0.05, 0.1) is 24.6 Å².